The predicted octanol–water partition coefficient (Wildman–Crippen LogP) is 2.62. The number of anilines is 1. The number of hydrogen-bond acceptors (Lipinski definition) is 3. The zero-order valence-electron chi connectivity index (χ0n) is 12.3. The summed E-state index contributed by atoms with van der Waals surface area (Å²) in [5, 5.41) is 0.793. The van der Waals surface area contributed by atoms with Crippen LogP contribution in [0.4, 0.5) is 5.69 Å². The Hall–Kier alpha value is -0.770. The smallest absolute Gasteiger partial charge is 0.0426 e. The summed E-state index contributed by atoms with van der Waals surface area (Å²) in [6.45, 7) is 5.99. The molecule has 0 bridgehead atoms. The van der Waals surface area contributed by atoms with Crippen LogP contribution in [-0.2, 0) is 6.42 Å². The fourth-order valence-corrected chi connectivity index (χ4v) is 2.39. The van der Waals surface area contributed by atoms with Gasteiger partial charge in [-0.25, -0.2) is 0 Å². The quantitative estimate of drug-likeness (QED) is 0.796. The highest BCUT2D eigenvalue weighted by Crippen LogP contribution is 2.25. The topological polar surface area (TPSA) is 32.5 Å². The van der Waals surface area contributed by atoms with Gasteiger partial charge in [0.25, 0.3) is 0 Å². The van der Waals surface area contributed by atoms with Crippen molar-refractivity contribution in [1.82, 2.24) is 4.90 Å². The second-order valence-electron chi connectivity index (χ2n) is 5.05. The third-order valence-corrected chi connectivity index (χ3v) is 3.45. The van der Waals surface area contributed by atoms with Crippen LogP contribution in [0, 0.1) is 0 Å². The zero-order chi connectivity index (χ0) is 14.3. The van der Waals surface area contributed by atoms with Crippen molar-refractivity contribution in [3.63, 3.8) is 0 Å². The first-order valence-electron chi connectivity index (χ1n) is 6.96. The van der Waals surface area contributed by atoms with Crippen LogP contribution >= 0.6 is 11.6 Å². The first-order valence-corrected chi connectivity index (χ1v) is 7.34. The molecule has 0 spiro atoms. The third kappa shape index (κ3) is 5.39. The number of rotatable bonds is 8. The Morgan fingerprint density at radius 1 is 1.21 bits per heavy atom. The van der Waals surface area contributed by atoms with Gasteiger partial charge in [0.15, 0.2) is 0 Å². The number of benzene rings is 1. The maximum Gasteiger partial charge on any atom is 0.0426 e. The van der Waals surface area contributed by atoms with Gasteiger partial charge in [0, 0.05) is 23.8 Å². The lowest BCUT2D eigenvalue weighted by Crippen LogP contribution is -2.28. The minimum Gasteiger partial charge on any atom is -0.371 e. The lowest BCUT2D eigenvalue weighted by Gasteiger charge is -2.26. The Morgan fingerprint density at radius 3 is 2.53 bits per heavy atom. The molecule has 0 unspecified atom stereocenters. The summed E-state index contributed by atoms with van der Waals surface area (Å²) in [5.41, 5.74) is 8.22. The lowest BCUT2D eigenvalue weighted by molar-refractivity contribution is 0.400. The molecule has 0 amide bonds. The minimum absolute atomic E-state index is 0.671. The van der Waals surface area contributed by atoms with Crippen LogP contribution in [0.3, 0.4) is 0 Å². The maximum absolute atomic E-state index is 6.14. The summed E-state index contributed by atoms with van der Waals surface area (Å²) in [7, 11) is 4.21. The van der Waals surface area contributed by atoms with Gasteiger partial charge in [-0.1, -0.05) is 17.7 Å². The third-order valence-electron chi connectivity index (χ3n) is 3.22. The molecule has 0 atom stereocenters. The molecule has 0 aromatic heterocycles. The summed E-state index contributed by atoms with van der Waals surface area (Å²) in [4.78, 5) is 4.60. The zero-order valence-corrected chi connectivity index (χ0v) is 13.1. The first kappa shape index (κ1) is 16.3. The molecular weight excluding hydrogens is 258 g/mol. The van der Waals surface area contributed by atoms with E-state index in [0.29, 0.717) is 6.54 Å². The van der Waals surface area contributed by atoms with Crippen molar-refractivity contribution in [2.24, 2.45) is 5.73 Å². The van der Waals surface area contributed by atoms with E-state index in [0.717, 1.165) is 37.5 Å². The van der Waals surface area contributed by atoms with Crippen molar-refractivity contribution in [3.8, 4) is 0 Å². The number of halogens is 1. The molecule has 0 saturated heterocycles. The van der Waals surface area contributed by atoms with E-state index in [4.69, 9.17) is 17.3 Å². The van der Waals surface area contributed by atoms with Gasteiger partial charge in [0.2, 0.25) is 0 Å². The molecule has 0 aliphatic heterocycles. The van der Waals surface area contributed by atoms with Crippen LogP contribution in [0.25, 0.3) is 0 Å². The van der Waals surface area contributed by atoms with E-state index in [1.54, 1.807) is 0 Å². The van der Waals surface area contributed by atoms with Crippen molar-refractivity contribution in [2.75, 3.05) is 45.2 Å². The largest absolute Gasteiger partial charge is 0.371 e. The molecule has 4 heteroatoms. The van der Waals surface area contributed by atoms with Crippen LogP contribution in [-0.4, -0.2) is 45.2 Å². The van der Waals surface area contributed by atoms with E-state index in [9.17, 15) is 0 Å². The van der Waals surface area contributed by atoms with Gasteiger partial charge in [-0.2, -0.15) is 0 Å². The monoisotopic (exact) mass is 283 g/mol. The second kappa shape index (κ2) is 8.41. The predicted molar refractivity (Wildman–Crippen MR) is 85.3 cm³/mol. The van der Waals surface area contributed by atoms with Crippen molar-refractivity contribution in [3.05, 3.63) is 28.8 Å². The van der Waals surface area contributed by atoms with Gasteiger partial charge >= 0.3 is 0 Å². The Labute approximate surface area is 122 Å². The highest BCUT2D eigenvalue weighted by molar-refractivity contribution is 6.30. The SMILES string of the molecule is CCN(CCCN(C)C)c1cc(Cl)ccc1CCN. The molecule has 0 aliphatic carbocycles. The molecule has 19 heavy (non-hydrogen) atoms. The van der Waals surface area contributed by atoms with Crippen LogP contribution in [0.2, 0.25) is 5.02 Å². The average molecular weight is 284 g/mol. The number of nitrogens with two attached hydrogens (primary N) is 1. The van der Waals surface area contributed by atoms with E-state index in [2.05, 4.69) is 43.0 Å². The Balaban J connectivity index is 2.80. The normalized spacial score (nSPS) is 11.1. The highest BCUT2D eigenvalue weighted by Gasteiger charge is 2.10. The van der Waals surface area contributed by atoms with Crippen LogP contribution in [0.5, 0.6) is 0 Å². The van der Waals surface area contributed by atoms with Crippen LogP contribution < -0.4 is 10.6 Å². The Kier molecular flexibility index (Phi) is 7.21. The molecule has 0 heterocycles. The molecular formula is C15H26ClN3. The first-order chi connectivity index (χ1) is 9.08. The van der Waals surface area contributed by atoms with Gasteiger partial charge in [-0.05, 0) is 64.6 Å². The molecule has 1 aromatic carbocycles. The molecule has 108 valence electrons. The molecule has 0 aliphatic rings. The van der Waals surface area contributed by atoms with E-state index in [1.165, 1.54) is 11.3 Å². The molecule has 1 aromatic rings. The summed E-state index contributed by atoms with van der Waals surface area (Å²) in [5.74, 6) is 0. The summed E-state index contributed by atoms with van der Waals surface area (Å²) in [6, 6.07) is 6.11. The van der Waals surface area contributed by atoms with Gasteiger partial charge in [-0.3, -0.25) is 0 Å². The highest BCUT2D eigenvalue weighted by atomic mass is 35.5. The van der Waals surface area contributed by atoms with Crippen LogP contribution in [0.15, 0.2) is 18.2 Å². The van der Waals surface area contributed by atoms with Gasteiger partial charge < -0.3 is 15.5 Å². The average Bonchev–Trinajstić information content (AvgIpc) is 2.37. The standard InChI is InChI=1S/C15H26ClN3/c1-4-19(11-5-10-18(2)3)15-12-14(16)7-6-13(15)8-9-17/h6-7,12H,4-5,8-11,17H2,1-3H3. The second-order valence-corrected chi connectivity index (χ2v) is 5.48. The fourth-order valence-electron chi connectivity index (χ4n) is 2.22. The van der Waals surface area contributed by atoms with Crippen molar-refractivity contribution in [2.45, 2.75) is 19.8 Å². The summed E-state index contributed by atoms with van der Waals surface area (Å²) < 4.78 is 0. The van der Waals surface area contributed by atoms with Gasteiger partial charge in [0.1, 0.15) is 0 Å². The van der Waals surface area contributed by atoms with Gasteiger partial charge in [-0.15, -0.1) is 0 Å². The number of nitrogens with zero attached hydrogens (tertiary/aromatic N) is 2. The van der Waals surface area contributed by atoms with Crippen LogP contribution in [0.1, 0.15) is 18.9 Å². The summed E-state index contributed by atoms with van der Waals surface area (Å²) in [6.07, 6.45) is 2.05. The molecule has 0 saturated carbocycles. The van der Waals surface area contributed by atoms with E-state index in [1.807, 2.05) is 6.07 Å². The van der Waals surface area contributed by atoms with E-state index in [-0.39, 0.29) is 0 Å². The molecule has 2 N–H and O–H groups in total. The number of hydrogen-bond donors (Lipinski definition) is 1. The van der Waals surface area contributed by atoms with Gasteiger partial charge in [0.05, 0.1) is 0 Å². The van der Waals surface area contributed by atoms with Crippen molar-refractivity contribution < 1.29 is 0 Å². The van der Waals surface area contributed by atoms with Crippen molar-refractivity contribution in [1.29, 1.82) is 0 Å². The Bertz CT molecular complexity index is 380. The van der Waals surface area contributed by atoms with Crippen molar-refractivity contribution >= 4 is 17.3 Å². The summed E-state index contributed by atoms with van der Waals surface area (Å²) >= 11 is 6.14. The molecule has 3 nitrogen and oxygen atoms in total. The van der Waals surface area contributed by atoms with E-state index < -0.39 is 0 Å². The lowest BCUT2D eigenvalue weighted by atomic mass is 10.1. The molecule has 1 rings (SSSR count). The maximum atomic E-state index is 6.14. The fraction of sp³-hybridized carbons (Fsp3) is 0.600. The minimum atomic E-state index is 0.671. The van der Waals surface area contributed by atoms with E-state index >= 15 is 0 Å². The Morgan fingerprint density at radius 2 is 1.95 bits per heavy atom. The molecule has 0 radical (unpaired) electrons. The molecule has 0 fully saturated rings.